The van der Waals surface area contributed by atoms with Gasteiger partial charge in [0.25, 0.3) is 0 Å². The van der Waals surface area contributed by atoms with Gasteiger partial charge < -0.3 is 16.2 Å². The lowest BCUT2D eigenvalue weighted by molar-refractivity contribution is 0.1000. The third-order valence-corrected chi connectivity index (χ3v) is 10.5. The van der Waals surface area contributed by atoms with Crippen LogP contribution in [0.4, 0.5) is 5.69 Å². The summed E-state index contributed by atoms with van der Waals surface area (Å²) in [6.45, 7) is 4.65. The zero-order valence-electron chi connectivity index (χ0n) is 41.4. The molecule has 80 heavy (non-hydrogen) atoms. The van der Waals surface area contributed by atoms with Crippen LogP contribution in [0.3, 0.4) is 0 Å². The van der Waals surface area contributed by atoms with Gasteiger partial charge in [-0.1, -0.05) is 92.9 Å². The molecule has 0 fully saturated rings. The van der Waals surface area contributed by atoms with Gasteiger partial charge in [-0.2, -0.15) is 51.9 Å². The number of benzene rings is 5. The molecule has 0 aliphatic carbocycles. The van der Waals surface area contributed by atoms with Crippen LogP contribution in [0.25, 0.3) is 68.6 Å². The molecule has 13 aromatic rings. The topological polar surface area (TPSA) is 485 Å². The van der Waals surface area contributed by atoms with Crippen molar-refractivity contribution in [1.29, 1.82) is 0 Å². The monoisotopic (exact) mass is 1120 g/mol. The largest absolute Gasteiger partial charge is 0.494 e. The van der Waals surface area contributed by atoms with Crippen LogP contribution in [0, 0.1) is 16.5 Å². The summed E-state index contributed by atoms with van der Waals surface area (Å²) >= 11 is 9.90. The summed E-state index contributed by atoms with van der Waals surface area (Å²) < 4.78 is 9.18. The Hall–Kier alpha value is -11.8. The molecule has 35 nitrogen and oxygen atoms in total. The SMILES string of the molecule is CCOc1ccc(-n2[nH]nnc2=S)cc1.Cc1ccc(-c2nn[nH]n2)cc1.NC(=O)c1ccc(-n2[nH]nnc2=S)cc1.Nc1ccccc1-c1nn[nH]n1.c1ccc(-c2nn[nH]n2)cc1.n1nc(-c2n[nH]nc2-c2nn[nH]n2)n[nH]1. The second kappa shape index (κ2) is 27.7. The van der Waals surface area contributed by atoms with E-state index in [1.54, 1.807) is 35.0 Å². The van der Waals surface area contributed by atoms with Gasteiger partial charge in [0, 0.05) is 27.9 Å². The predicted molar refractivity (Wildman–Crippen MR) is 283 cm³/mol. The van der Waals surface area contributed by atoms with Crippen molar-refractivity contribution in [2.75, 3.05) is 12.3 Å². The molecule has 8 aromatic heterocycles. The van der Waals surface area contributed by atoms with Gasteiger partial charge in [0.05, 0.1) is 18.0 Å². The minimum Gasteiger partial charge on any atom is -0.494 e. The average molecular weight is 1120 g/mol. The zero-order chi connectivity index (χ0) is 55.9. The number of nitrogens with zero attached hydrogens (tertiary/aromatic N) is 23. The number of hydrogen-bond acceptors (Lipinski definition) is 26. The number of tetrazole rings is 7. The number of primary amides is 1. The number of anilines is 1. The molecular formula is C43H41N33O2S2. The number of rotatable bonds is 10. The molecule has 0 bridgehead atoms. The van der Waals surface area contributed by atoms with Gasteiger partial charge in [-0.15, -0.1) is 51.0 Å². The van der Waals surface area contributed by atoms with E-state index in [4.69, 9.17) is 40.6 Å². The Bertz CT molecular complexity index is 3880. The number of aromatic nitrogens is 31. The third kappa shape index (κ3) is 15.0. The van der Waals surface area contributed by atoms with Crippen LogP contribution in [0.15, 0.2) is 127 Å². The Labute approximate surface area is 457 Å². The summed E-state index contributed by atoms with van der Waals surface area (Å²) in [7, 11) is 0. The number of carbonyl (C=O) groups is 1. The van der Waals surface area contributed by atoms with Crippen LogP contribution < -0.4 is 16.2 Å². The first-order chi connectivity index (χ1) is 39.1. The molecular weight excluding hydrogens is 1070 g/mol. The highest BCUT2D eigenvalue weighted by atomic mass is 32.1. The molecule has 8 heterocycles. The molecule has 5 aromatic carbocycles. The lowest BCUT2D eigenvalue weighted by atomic mass is 10.1. The van der Waals surface area contributed by atoms with Gasteiger partial charge in [-0.3, -0.25) is 4.79 Å². The van der Waals surface area contributed by atoms with Crippen molar-refractivity contribution in [2.45, 2.75) is 13.8 Å². The lowest BCUT2D eigenvalue weighted by Gasteiger charge is -2.04. The second-order valence-corrected chi connectivity index (χ2v) is 15.9. The molecule has 0 radical (unpaired) electrons. The minimum absolute atomic E-state index is 0.309. The normalized spacial score (nSPS) is 10.2. The number of amides is 1. The highest BCUT2D eigenvalue weighted by molar-refractivity contribution is 7.71. The molecule has 0 saturated carbocycles. The third-order valence-electron chi connectivity index (χ3n) is 10.0. The quantitative estimate of drug-likeness (QED) is 0.0695. The summed E-state index contributed by atoms with van der Waals surface area (Å²) in [6.07, 6.45) is 0. The van der Waals surface area contributed by atoms with Crippen LogP contribution >= 0.6 is 24.4 Å². The summed E-state index contributed by atoms with van der Waals surface area (Å²) in [5.41, 5.74) is 18.3. The molecule has 13 rings (SSSR count). The average Bonchev–Trinajstić information content (AvgIpc) is 4.34. The highest BCUT2D eigenvalue weighted by Gasteiger charge is 2.19. The van der Waals surface area contributed by atoms with Gasteiger partial charge in [0.1, 0.15) is 5.75 Å². The van der Waals surface area contributed by atoms with Crippen LogP contribution in [0.2, 0.25) is 0 Å². The van der Waals surface area contributed by atoms with Gasteiger partial charge >= 0.3 is 0 Å². The Morgan fingerprint density at radius 1 is 0.487 bits per heavy atom. The van der Waals surface area contributed by atoms with Crippen molar-refractivity contribution in [1.82, 2.24) is 159 Å². The summed E-state index contributed by atoms with van der Waals surface area (Å²) in [6, 6.07) is 39.2. The first kappa shape index (κ1) is 54.5. The first-order valence-corrected chi connectivity index (χ1v) is 23.7. The number of nitrogen functional groups attached to an aromatic ring is 1. The number of aromatic amines is 8. The fourth-order valence-corrected chi connectivity index (χ4v) is 6.64. The second-order valence-electron chi connectivity index (χ2n) is 15.2. The van der Waals surface area contributed by atoms with E-state index in [1.807, 2.05) is 111 Å². The van der Waals surface area contributed by atoms with Crippen molar-refractivity contribution in [3.8, 4) is 74.3 Å². The maximum Gasteiger partial charge on any atom is 0.248 e. The van der Waals surface area contributed by atoms with Crippen LogP contribution in [-0.4, -0.2) is 171 Å². The van der Waals surface area contributed by atoms with E-state index < -0.39 is 5.91 Å². The van der Waals surface area contributed by atoms with Crippen LogP contribution in [0.1, 0.15) is 22.8 Å². The van der Waals surface area contributed by atoms with Gasteiger partial charge in [0.15, 0.2) is 11.4 Å². The molecule has 0 spiro atoms. The van der Waals surface area contributed by atoms with E-state index in [2.05, 4.69) is 150 Å². The predicted octanol–water partition coefficient (Wildman–Crippen LogP) is 2.80. The van der Waals surface area contributed by atoms with E-state index in [1.165, 1.54) is 10.2 Å². The number of hydrogen-bond donors (Lipinski definition) is 10. The molecule has 12 N–H and O–H groups in total. The molecule has 37 heteroatoms. The minimum atomic E-state index is -0.465. The number of carbonyl (C=O) groups excluding carboxylic acids is 1. The molecule has 0 saturated heterocycles. The highest BCUT2D eigenvalue weighted by Crippen LogP contribution is 2.22. The Morgan fingerprint density at radius 3 is 1.35 bits per heavy atom. The van der Waals surface area contributed by atoms with E-state index >= 15 is 0 Å². The smallest absolute Gasteiger partial charge is 0.248 e. The molecule has 1 amide bonds. The van der Waals surface area contributed by atoms with Crippen molar-refractivity contribution >= 4 is 36.0 Å². The number of nitrogens with one attached hydrogen (secondary N) is 8. The van der Waals surface area contributed by atoms with Crippen LogP contribution in [-0.2, 0) is 0 Å². The Kier molecular flexibility index (Phi) is 18.9. The Balaban J connectivity index is 0.000000127. The standard InChI is InChI=1S/C9H10N4OS.C8H7N5OS.C8H8N4.C7H7N5.C7H6N4.C4H3N11/c1-2-14-8-5-3-7(4-6-8)13-9(15)10-11-12-13;9-7(14)5-1-3-6(4-2-5)13-8(15)10-11-12-13;1-6-2-4-7(5-3-6)8-9-11-12-10-8;8-6-4-2-1-3-5(6)7-9-11-12-10-7;1-2-4-6(5-3-1)7-8-10-11-9-7;5-1(3-7-12-13-8-3)2(6-11-5)4-9-14-15-10-4/h3-6H,2H2,1H3,(H,10,12,15);1-4H,(H2,9,14)(H,10,12,15);2-5H,1H3,(H,9,10,11,12);1-4H,8H2,(H,9,10,11,12);1-5H,(H,8,9,10,11);(H,5,6,11)(H,7,8,12,13)(H,9,10,14,15). The van der Waals surface area contributed by atoms with Crippen molar-refractivity contribution in [2.24, 2.45) is 5.73 Å². The van der Waals surface area contributed by atoms with Gasteiger partial charge in [-0.05, 0) is 125 Å². The summed E-state index contributed by atoms with van der Waals surface area (Å²) in [5.74, 6) is 2.77. The molecule has 0 aliphatic rings. The number of ether oxygens (including phenoxy) is 1. The fraction of sp³-hybridized carbons (Fsp3) is 0.0698. The summed E-state index contributed by atoms with van der Waals surface area (Å²) in [5, 5.41) is 97.1. The number of aryl methyl sites for hydroxylation is 1. The number of nitrogens with two attached hydrogens (primary N) is 2. The number of H-pyrrole nitrogens is 8. The fourth-order valence-electron chi connectivity index (χ4n) is 6.27. The first-order valence-electron chi connectivity index (χ1n) is 22.8. The molecule has 0 atom stereocenters. The van der Waals surface area contributed by atoms with Crippen molar-refractivity contribution in [3.05, 3.63) is 148 Å². The van der Waals surface area contributed by atoms with Crippen molar-refractivity contribution < 1.29 is 9.53 Å². The van der Waals surface area contributed by atoms with E-state index in [0.29, 0.717) is 67.9 Å². The van der Waals surface area contributed by atoms with Gasteiger partial charge in [0.2, 0.25) is 44.6 Å². The molecule has 402 valence electrons. The lowest BCUT2D eigenvalue weighted by Crippen LogP contribution is -2.10. The Morgan fingerprint density at radius 2 is 0.925 bits per heavy atom. The van der Waals surface area contributed by atoms with Gasteiger partial charge in [-0.25, -0.2) is 9.36 Å². The molecule has 0 unspecified atom stereocenters. The van der Waals surface area contributed by atoms with Crippen LogP contribution in [0.5, 0.6) is 5.75 Å². The maximum atomic E-state index is 10.8. The summed E-state index contributed by atoms with van der Waals surface area (Å²) in [4.78, 5) is 10.8. The zero-order valence-corrected chi connectivity index (χ0v) is 43.0. The van der Waals surface area contributed by atoms with E-state index in [-0.39, 0.29) is 0 Å². The number of para-hydroxylation sites is 1. The van der Waals surface area contributed by atoms with E-state index in [0.717, 1.165) is 33.8 Å². The maximum absolute atomic E-state index is 10.8. The van der Waals surface area contributed by atoms with Crippen molar-refractivity contribution in [3.63, 3.8) is 0 Å². The van der Waals surface area contributed by atoms with E-state index in [9.17, 15) is 4.79 Å². The molecule has 0 aliphatic heterocycles.